The number of rotatable bonds is 3. The third kappa shape index (κ3) is 2.85. The van der Waals surface area contributed by atoms with Gasteiger partial charge in [0.15, 0.2) is 0 Å². The van der Waals surface area contributed by atoms with E-state index < -0.39 is 24.7 Å². The van der Waals surface area contributed by atoms with Crippen LogP contribution in [0.3, 0.4) is 0 Å². The van der Waals surface area contributed by atoms with Crippen molar-refractivity contribution in [3.63, 3.8) is 0 Å². The summed E-state index contributed by atoms with van der Waals surface area (Å²) >= 11 is 6.23. The van der Waals surface area contributed by atoms with E-state index >= 15 is 0 Å². The molecule has 0 aromatic heterocycles. The highest BCUT2D eigenvalue weighted by atomic mass is 35.5. The summed E-state index contributed by atoms with van der Waals surface area (Å²) in [6.45, 7) is 7.74. The topological polar surface area (TPSA) is 18.5 Å². The van der Waals surface area contributed by atoms with E-state index in [-0.39, 0.29) is 6.42 Å². The average Bonchev–Trinajstić information content (AvgIpc) is 2.50. The van der Waals surface area contributed by atoms with Gasteiger partial charge in [0.2, 0.25) is 6.43 Å². The second-order valence-corrected chi connectivity index (χ2v) is 6.38. The monoisotopic (exact) mass is 302 g/mol. The number of hydrogen-bond donors (Lipinski definition) is 0. The van der Waals surface area contributed by atoms with E-state index in [0.29, 0.717) is 16.0 Å². The second kappa shape index (κ2) is 5.28. The maximum Gasteiger partial charge on any atom is 0.496 e. The molecule has 6 heteroatoms. The molecule has 1 aliphatic heterocycles. The molecule has 2 nitrogen and oxygen atoms in total. The maximum atomic E-state index is 12.5. The molecule has 1 fully saturated rings. The molecule has 0 amide bonds. The average molecular weight is 303 g/mol. The van der Waals surface area contributed by atoms with Crippen molar-refractivity contribution in [1.82, 2.24) is 0 Å². The summed E-state index contributed by atoms with van der Waals surface area (Å²) in [5.74, 6) is 0. The minimum Gasteiger partial charge on any atom is -0.399 e. The van der Waals surface area contributed by atoms with Crippen LogP contribution >= 0.6 is 11.6 Å². The Bertz CT molecular complexity index is 490. The van der Waals surface area contributed by atoms with E-state index in [9.17, 15) is 8.78 Å². The first-order valence-corrected chi connectivity index (χ1v) is 6.93. The van der Waals surface area contributed by atoms with Crippen LogP contribution in [0.1, 0.15) is 33.3 Å². The molecule has 0 saturated carbocycles. The van der Waals surface area contributed by atoms with E-state index in [1.54, 1.807) is 18.2 Å². The van der Waals surface area contributed by atoms with Gasteiger partial charge in [-0.2, -0.15) is 0 Å². The largest absolute Gasteiger partial charge is 0.496 e. The van der Waals surface area contributed by atoms with E-state index in [4.69, 9.17) is 20.9 Å². The van der Waals surface area contributed by atoms with Crippen molar-refractivity contribution in [2.75, 3.05) is 0 Å². The lowest BCUT2D eigenvalue weighted by atomic mass is 9.78. The minimum atomic E-state index is -2.43. The molecule has 1 saturated heterocycles. The third-order valence-electron chi connectivity index (χ3n) is 3.99. The fourth-order valence-corrected chi connectivity index (χ4v) is 2.37. The third-order valence-corrected chi connectivity index (χ3v) is 4.45. The van der Waals surface area contributed by atoms with Crippen LogP contribution in [0.5, 0.6) is 0 Å². The van der Waals surface area contributed by atoms with Crippen LogP contribution in [0, 0.1) is 0 Å². The van der Waals surface area contributed by atoms with Crippen LogP contribution in [-0.4, -0.2) is 24.7 Å². The number of benzene rings is 1. The Labute approximate surface area is 123 Å². The molecule has 0 unspecified atom stereocenters. The highest BCUT2D eigenvalue weighted by Crippen LogP contribution is 2.37. The van der Waals surface area contributed by atoms with Crippen LogP contribution in [0.4, 0.5) is 8.78 Å². The van der Waals surface area contributed by atoms with Crippen molar-refractivity contribution in [2.45, 2.75) is 51.7 Å². The van der Waals surface area contributed by atoms with Crippen molar-refractivity contribution in [1.29, 1.82) is 0 Å². The van der Waals surface area contributed by atoms with Crippen LogP contribution < -0.4 is 5.46 Å². The lowest BCUT2D eigenvalue weighted by molar-refractivity contribution is 0.00578. The lowest BCUT2D eigenvalue weighted by Gasteiger charge is -2.32. The Balaban J connectivity index is 2.31. The maximum absolute atomic E-state index is 12.5. The van der Waals surface area contributed by atoms with Gasteiger partial charge in [-0.15, -0.1) is 0 Å². The molecule has 0 bridgehead atoms. The van der Waals surface area contributed by atoms with Crippen LogP contribution in [0.15, 0.2) is 18.2 Å². The van der Waals surface area contributed by atoms with Gasteiger partial charge in [0.25, 0.3) is 0 Å². The Kier molecular flexibility index (Phi) is 4.16. The first-order valence-electron chi connectivity index (χ1n) is 6.55. The summed E-state index contributed by atoms with van der Waals surface area (Å²) in [6, 6.07) is 5.05. The molecule has 1 aromatic rings. The summed E-state index contributed by atoms with van der Waals surface area (Å²) in [7, 11) is -0.634. The number of hydrogen-bond acceptors (Lipinski definition) is 2. The molecule has 20 heavy (non-hydrogen) atoms. The van der Waals surface area contributed by atoms with Crippen molar-refractivity contribution in [3.05, 3.63) is 28.8 Å². The standard InChI is InChI=1S/C14H18BClF2O2/c1-13(2)14(3,4)20-15(19-13)10-7-5-6-9(12(10)16)8-11(17)18/h5-7,11H,8H2,1-4H3. The molecular formula is C14H18BClF2O2. The first kappa shape index (κ1) is 15.7. The fourth-order valence-electron chi connectivity index (χ4n) is 2.08. The Morgan fingerprint density at radius 1 is 1.15 bits per heavy atom. The highest BCUT2D eigenvalue weighted by molar-refractivity contribution is 6.65. The zero-order valence-corrected chi connectivity index (χ0v) is 12.8. The Morgan fingerprint density at radius 2 is 1.70 bits per heavy atom. The SMILES string of the molecule is CC1(C)OB(c2cccc(CC(F)F)c2Cl)OC1(C)C. The van der Waals surface area contributed by atoms with Gasteiger partial charge >= 0.3 is 7.12 Å². The quantitative estimate of drug-likeness (QED) is 0.796. The van der Waals surface area contributed by atoms with E-state index in [2.05, 4.69) is 0 Å². The van der Waals surface area contributed by atoms with Crippen LogP contribution in [0.2, 0.25) is 5.02 Å². The predicted molar refractivity (Wildman–Crippen MR) is 76.9 cm³/mol. The summed E-state index contributed by atoms with van der Waals surface area (Å²) in [5, 5.41) is 0.298. The van der Waals surface area contributed by atoms with Gasteiger partial charge in [-0.3, -0.25) is 0 Å². The normalized spacial score (nSPS) is 20.7. The van der Waals surface area contributed by atoms with Crippen molar-refractivity contribution >= 4 is 24.2 Å². The molecule has 2 rings (SSSR count). The molecule has 0 N–H and O–H groups in total. The summed E-state index contributed by atoms with van der Waals surface area (Å²) in [4.78, 5) is 0. The minimum absolute atomic E-state index is 0.298. The summed E-state index contributed by atoms with van der Waals surface area (Å²) in [5.41, 5.74) is 0.0386. The van der Waals surface area contributed by atoms with Gasteiger partial charge < -0.3 is 9.31 Å². The molecular weight excluding hydrogens is 284 g/mol. The van der Waals surface area contributed by atoms with Gasteiger partial charge in [0.1, 0.15) is 0 Å². The molecule has 1 aromatic carbocycles. The first-order chi connectivity index (χ1) is 9.14. The Hall–Kier alpha value is -0.645. The van der Waals surface area contributed by atoms with Gasteiger partial charge in [0, 0.05) is 16.9 Å². The van der Waals surface area contributed by atoms with E-state index in [1.165, 1.54) is 0 Å². The summed E-state index contributed by atoms with van der Waals surface area (Å²) in [6.07, 6.45) is -2.80. The van der Waals surface area contributed by atoms with Crippen molar-refractivity contribution in [3.8, 4) is 0 Å². The van der Waals surface area contributed by atoms with Gasteiger partial charge in [-0.05, 0) is 33.3 Å². The zero-order valence-electron chi connectivity index (χ0n) is 12.0. The molecule has 1 heterocycles. The van der Waals surface area contributed by atoms with E-state index in [0.717, 1.165) is 0 Å². The van der Waals surface area contributed by atoms with Crippen LogP contribution in [0.25, 0.3) is 0 Å². The molecule has 0 spiro atoms. The van der Waals surface area contributed by atoms with Crippen LogP contribution in [-0.2, 0) is 15.7 Å². The zero-order chi connectivity index (χ0) is 15.1. The fraction of sp³-hybridized carbons (Fsp3) is 0.571. The second-order valence-electron chi connectivity index (χ2n) is 6.00. The van der Waals surface area contributed by atoms with Crippen molar-refractivity contribution in [2.24, 2.45) is 0 Å². The number of alkyl halides is 2. The van der Waals surface area contributed by atoms with Crippen molar-refractivity contribution < 1.29 is 18.1 Å². The van der Waals surface area contributed by atoms with Gasteiger partial charge in [-0.25, -0.2) is 8.78 Å². The molecule has 1 aliphatic rings. The Morgan fingerprint density at radius 3 is 2.20 bits per heavy atom. The summed E-state index contributed by atoms with van der Waals surface area (Å²) < 4.78 is 36.9. The molecule has 0 aliphatic carbocycles. The lowest BCUT2D eigenvalue weighted by Crippen LogP contribution is -2.41. The van der Waals surface area contributed by atoms with E-state index in [1.807, 2.05) is 27.7 Å². The molecule has 110 valence electrons. The highest BCUT2D eigenvalue weighted by Gasteiger charge is 2.52. The number of halogens is 3. The van der Waals surface area contributed by atoms with Gasteiger partial charge in [-0.1, -0.05) is 29.8 Å². The predicted octanol–water partition coefficient (Wildman–Crippen LogP) is 3.45. The smallest absolute Gasteiger partial charge is 0.399 e. The molecule has 0 radical (unpaired) electrons. The molecule has 0 atom stereocenters. The van der Waals surface area contributed by atoms with Gasteiger partial charge in [0.05, 0.1) is 11.2 Å².